The van der Waals surface area contributed by atoms with Crippen LogP contribution >= 0.6 is 27.5 Å². The van der Waals surface area contributed by atoms with Crippen LogP contribution in [0.25, 0.3) is 6.08 Å². The molecule has 0 fully saturated rings. The molecule has 0 bridgehead atoms. The van der Waals surface area contributed by atoms with E-state index < -0.39 is 17.3 Å². The fourth-order valence-corrected chi connectivity index (χ4v) is 1.88. The molecule has 0 saturated heterocycles. The predicted molar refractivity (Wildman–Crippen MR) is 62.1 cm³/mol. The zero-order chi connectivity index (χ0) is 11.7. The Morgan fingerprint density at radius 3 is 2.53 bits per heavy atom. The molecule has 0 spiro atoms. The van der Waals surface area contributed by atoms with Crippen LogP contribution in [0.1, 0.15) is 15.9 Å². The van der Waals surface area contributed by atoms with Gasteiger partial charge in [-0.05, 0) is 15.9 Å². The Bertz CT molecular complexity index is 462. The molecule has 0 aliphatic rings. The zero-order valence-electron chi connectivity index (χ0n) is 7.48. The number of nitrogens with two attached hydrogens (primary N) is 2. The third-order valence-electron chi connectivity index (χ3n) is 1.85. The lowest BCUT2D eigenvalue weighted by atomic mass is 10.1. The van der Waals surface area contributed by atoms with Gasteiger partial charge in [0.1, 0.15) is 0 Å². The highest BCUT2D eigenvalue weighted by Gasteiger charge is 2.22. The normalized spacial score (nSPS) is 10.1. The lowest BCUT2D eigenvalue weighted by Gasteiger charge is -2.11. The van der Waals surface area contributed by atoms with Gasteiger partial charge >= 0.3 is 0 Å². The maximum absolute atomic E-state index is 13.5. The number of rotatable bonds is 2. The van der Waals surface area contributed by atoms with Crippen molar-refractivity contribution < 1.29 is 9.18 Å². The van der Waals surface area contributed by atoms with Crippen LogP contribution in [0.2, 0.25) is 5.02 Å². The molecule has 0 unspecified atom stereocenters. The van der Waals surface area contributed by atoms with Crippen LogP contribution in [0.15, 0.2) is 11.1 Å². The van der Waals surface area contributed by atoms with E-state index in [2.05, 4.69) is 22.5 Å². The van der Waals surface area contributed by atoms with Crippen LogP contribution < -0.4 is 11.5 Å². The number of benzene rings is 1. The van der Waals surface area contributed by atoms with Crippen LogP contribution in [-0.4, -0.2) is 5.91 Å². The molecule has 0 aliphatic carbocycles. The molecule has 1 aromatic rings. The zero-order valence-corrected chi connectivity index (χ0v) is 9.82. The SMILES string of the molecule is C=Cc1c(N)c(C(N)=O)c(F)c(Cl)c1Br. The quantitative estimate of drug-likeness (QED) is 0.650. The molecular weight excluding hydrogens is 286 g/mol. The summed E-state index contributed by atoms with van der Waals surface area (Å²) in [7, 11) is 0. The number of nitrogen functional groups attached to an aromatic ring is 1. The number of hydrogen-bond acceptors (Lipinski definition) is 2. The molecule has 4 N–H and O–H groups in total. The van der Waals surface area contributed by atoms with E-state index in [1.807, 2.05) is 0 Å². The minimum absolute atomic E-state index is 0.0775. The average Bonchev–Trinajstić information content (AvgIpc) is 2.15. The van der Waals surface area contributed by atoms with Gasteiger partial charge in [0, 0.05) is 10.0 Å². The summed E-state index contributed by atoms with van der Waals surface area (Å²) in [5.74, 6) is -1.90. The molecule has 80 valence electrons. The van der Waals surface area contributed by atoms with Crippen LogP contribution in [0, 0.1) is 5.82 Å². The molecule has 0 atom stereocenters. The fourth-order valence-electron chi connectivity index (χ4n) is 1.14. The Balaban J connectivity index is 3.75. The number of hydrogen-bond donors (Lipinski definition) is 2. The van der Waals surface area contributed by atoms with Gasteiger partial charge in [-0.1, -0.05) is 24.3 Å². The largest absolute Gasteiger partial charge is 0.397 e. The van der Waals surface area contributed by atoms with Gasteiger partial charge in [0.25, 0.3) is 5.91 Å². The molecular formula is C9H7BrClFN2O. The van der Waals surface area contributed by atoms with Gasteiger partial charge < -0.3 is 11.5 Å². The van der Waals surface area contributed by atoms with Crippen molar-refractivity contribution in [2.24, 2.45) is 5.73 Å². The van der Waals surface area contributed by atoms with Gasteiger partial charge in [0.05, 0.1) is 16.3 Å². The summed E-state index contributed by atoms with van der Waals surface area (Å²) in [5.41, 5.74) is 10.4. The van der Waals surface area contributed by atoms with E-state index in [9.17, 15) is 9.18 Å². The van der Waals surface area contributed by atoms with Gasteiger partial charge in [-0.25, -0.2) is 4.39 Å². The van der Waals surface area contributed by atoms with E-state index in [0.29, 0.717) is 5.56 Å². The maximum Gasteiger partial charge on any atom is 0.253 e. The number of anilines is 1. The molecule has 1 rings (SSSR count). The molecule has 0 saturated carbocycles. The Labute approximate surface area is 99.0 Å². The lowest BCUT2D eigenvalue weighted by molar-refractivity contribution is 0.0997. The third kappa shape index (κ3) is 1.85. The number of amides is 1. The minimum atomic E-state index is -0.970. The smallest absolute Gasteiger partial charge is 0.253 e. The standard InChI is InChI=1S/C9H7BrClFN2O/c1-2-3-5(10)6(11)7(12)4(8(3)13)9(14)15/h2H,1,13H2,(H2,14,15). The van der Waals surface area contributed by atoms with Gasteiger partial charge in [0.2, 0.25) is 0 Å². The van der Waals surface area contributed by atoms with Crippen molar-refractivity contribution in [2.75, 3.05) is 5.73 Å². The van der Waals surface area contributed by atoms with E-state index in [4.69, 9.17) is 23.1 Å². The maximum atomic E-state index is 13.5. The summed E-state index contributed by atoms with van der Waals surface area (Å²) in [5, 5.41) is -0.243. The van der Waals surface area contributed by atoms with Gasteiger partial charge in [0.15, 0.2) is 5.82 Å². The summed E-state index contributed by atoms with van der Waals surface area (Å²) in [6.07, 6.45) is 1.36. The summed E-state index contributed by atoms with van der Waals surface area (Å²) in [6.45, 7) is 3.48. The first-order valence-electron chi connectivity index (χ1n) is 3.80. The second-order valence-corrected chi connectivity index (χ2v) is 3.88. The molecule has 3 nitrogen and oxygen atoms in total. The van der Waals surface area contributed by atoms with E-state index >= 15 is 0 Å². The van der Waals surface area contributed by atoms with Crippen LogP contribution in [0.4, 0.5) is 10.1 Å². The molecule has 1 aromatic carbocycles. The molecule has 6 heteroatoms. The second-order valence-electron chi connectivity index (χ2n) is 2.71. The van der Waals surface area contributed by atoms with E-state index in [-0.39, 0.29) is 15.2 Å². The van der Waals surface area contributed by atoms with Gasteiger partial charge in [-0.3, -0.25) is 4.79 Å². The average molecular weight is 294 g/mol. The van der Waals surface area contributed by atoms with Crippen LogP contribution in [-0.2, 0) is 0 Å². The predicted octanol–water partition coefficient (Wildman–Crippen LogP) is 2.57. The first-order valence-corrected chi connectivity index (χ1v) is 4.97. The lowest BCUT2D eigenvalue weighted by Crippen LogP contribution is -2.17. The number of halogens is 3. The summed E-state index contributed by atoms with van der Waals surface area (Å²) in [6, 6.07) is 0. The Morgan fingerprint density at radius 2 is 2.13 bits per heavy atom. The number of carbonyl (C=O) groups excluding carboxylic acids is 1. The monoisotopic (exact) mass is 292 g/mol. The van der Waals surface area contributed by atoms with Crippen molar-refractivity contribution in [2.45, 2.75) is 0 Å². The first-order chi connectivity index (χ1) is 6.91. The topological polar surface area (TPSA) is 69.1 Å². The summed E-state index contributed by atoms with van der Waals surface area (Å²) >= 11 is 8.70. The number of carbonyl (C=O) groups is 1. The summed E-state index contributed by atoms with van der Waals surface area (Å²) in [4.78, 5) is 11.0. The highest BCUT2D eigenvalue weighted by Crippen LogP contribution is 2.36. The fraction of sp³-hybridized carbons (Fsp3) is 0. The highest BCUT2D eigenvalue weighted by atomic mass is 79.9. The molecule has 15 heavy (non-hydrogen) atoms. The molecule has 0 aliphatic heterocycles. The Hall–Kier alpha value is -1.07. The Morgan fingerprint density at radius 1 is 1.60 bits per heavy atom. The van der Waals surface area contributed by atoms with Crippen molar-refractivity contribution in [3.05, 3.63) is 33.0 Å². The van der Waals surface area contributed by atoms with Crippen molar-refractivity contribution in [1.82, 2.24) is 0 Å². The van der Waals surface area contributed by atoms with Crippen molar-refractivity contribution in [3.8, 4) is 0 Å². The number of primary amides is 1. The van der Waals surface area contributed by atoms with Crippen molar-refractivity contribution >= 4 is 45.2 Å². The van der Waals surface area contributed by atoms with Crippen LogP contribution in [0.3, 0.4) is 0 Å². The Kier molecular flexibility index (Phi) is 3.36. The molecule has 0 aromatic heterocycles. The van der Waals surface area contributed by atoms with Crippen molar-refractivity contribution in [3.63, 3.8) is 0 Å². The molecule has 0 radical (unpaired) electrons. The first kappa shape index (κ1) is 12.0. The van der Waals surface area contributed by atoms with Gasteiger partial charge in [-0.15, -0.1) is 0 Å². The third-order valence-corrected chi connectivity index (χ3v) is 3.26. The van der Waals surface area contributed by atoms with Gasteiger partial charge in [-0.2, -0.15) is 0 Å². The highest BCUT2D eigenvalue weighted by molar-refractivity contribution is 9.10. The molecule has 0 heterocycles. The summed E-state index contributed by atoms with van der Waals surface area (Å²) < 4.78 is 13.8. The van der Waals surface area contributed by atoms with E-state index in [1.54, 1.807) is 0 Å². The van der Waals surface area contributed by atoms with E-state index in [0.717, 1.165) is 0 Å². The molecule has 1 amide bonds. The van der Waals surface area contributed by atoms with Crippen molar-refractivity contribution in [1.29, 1.82) is 0 Å². The minimum Gasteiger partial charge on any atom is -0.397 e. The van der Waals surface area contributed by atoms with Crippen LogP contribution in [0.5, 0.6) is 0 Å². The second kappa shape index (κ2) is 4.20. The van der Waals surface area contributed by atoms with E-state index in [1.165, 1.54) is 6.08 Å².